The molecule has 1 atom stereocenters. The van der Waals surface area contributed by atoms with Crippen molar-refractivity contribution in [2.45, 2.75) is 13.0 Å². The fraction of sp³-hybridized carbons (Fsp3) is 0.188. The van der Waals surface area contributed by atoms with E-state index in [0.29, 0.717) is 17.0 Å². The van der Waals surface area contributed by atoms with Gasteiger partial charge < -0.3 is 10.6 Å². The molecule has 1 heterocycles. The Morgan fingerprint density at radius 1 is 1.29 bits per heavy atom. The van der Waals surface area contributed by atoms with E-state index in [-0.39, 0.29) is 11.9 Å². The summed E-state index contributed by atoms with van der Waals surface area (Å²) in [5.41, 5.74) is 9.01. The molecule has 2 aromatic carbocycles. The average molecular weight is 348 g/mol. The molecule has 5 heteroatoms. The molecule has 0 spiro atoms. The third kappa shape index (κ3) is 2.65. The van der Waals surface area contributed by atoms with E-state index >= 15 is 0 Å². The molecule has 1 aliphatic heterocycles. The fourth-order valence-electron chi connectivity index (χ4n) is 2.56. The molecule has 1 aliphatic rings. The van der Waals surface area contributed by atoms with Crippen molar-refractivity contribution in [2.24, 2.45) is 10.7 Å². The molecule has 2 N–H and O–H groups in total. The number of guanidine groups is 1. The van der Waals surface area contributed by atoms with Crippen molar-refractivity contribution in [3.8, 4) is 0 Å². The van der Waals surface area contributed by atoms with Gasteiger partial charge in [0.25, 0.3) is 0 Å². The van der Waals surface area contributed by atoms with E-state index < -0.39 is 0 Å². The van der Waals surface area contributed by atoms with Crippen molar-refractivity contribution in [3.63, 3.8) is 0 Å². The van der Waals surface area contributed by atoms with E-state index in [1.165, 1.54) is 6.07 Å². The number of aliphatic imine (C=N–C) groups is 1. The van der Waals surface area contributed by atoms with E-state index in [9.17, 15) is 4.39 Å². The van der Waals surface area contributed by atoms with Gasteiger partial charge in [-0.1, -0.05) is 18.2 Å². The van der Waals surface area contributed by atoms with Crippen LogP contribution in [0.3, 0.4) is 0 Å². The lowest BCUT2D eigenvalue weighted by atomic mass is 10.1. The van der Waals surface area contributed by atoms with Crippen LogP contribution in [0, 0.1) is 12.7 Å². The standard InChI is InChI=1S/C16H15BrFN3/c1-10-3-2-4-12(7-10)21-15(9-20-16(21)19)11-5-6-13(17)14(18)8-11/h2-8,15H,9H2,1H3,(H2,19,20). The number of anilines is 1. The lowest BCUT2D eigenvalue weighted by molar-refractivity contribution is 0.615. The predicted molar refractivity (Wildman–Crippen MR) is 87.0 cm³/mol. The Hall–Kier alpha value is -1.88. The quantitative estimate of drug-likeness (QED) is 0.898. The van der Waals surface area contributed by atoms with Crippen LogP contribution in [0.4, 0.5) is 10.1 Å². The second-order valence-electron chi connectivity index (χ2n) is 5.10. The first-order valence-corrected chi connectivity index (χ1v) is 7.46. The van der Waals surface area contributed by atoms with Crippen molar-refractivity contribution >= 4 is 27.6 Å². The number of nitrogens with two attached hydrogens (primary N) is 1. The Morgan fingerprint density at radius 2 is 2.10 bits per heavy atom. The summed E-state index contributed by atoms with van der Waals surface area (Å²) in [7, 11) is 0. The summed E-state index contributed by atoms with van der Waals surface area (Å²) in [4.78, 5) is 6.27. The lowest BCUT2D eigenvalue weighted by Crippen LogP contribution is -2.36. The van der Waals surface area contributed by atoms with Crippen LogP contribution in [0.15, 0.2) is 51.9 Å². The van der Waals surface area contributed by atoms with Gasteiger partial charge in [0.15, 0.2) is 5.96 Å². The Morgan fingerprint density at radius 3 is 2.81 bits per heavy atom. The molecule has 0 radical (unpaired) electrons. The summed E-state index contributed by atoms with van der Waals surface area (Å²) in [5.74, 6) is 0.191. The van der Waals surface area contributed by atoms with E-state index in [0.717, 1.165) is 16.8 Å². The van der Waals surface area contributed by atoms with Gasteiger partial charge in [-0.2, -0.15) is 0 Å². The van der Waals surface area contributed by atoms with Crippen LogP contribution in [0.5, 0.6) is 0 Å². The van der Waals surface area contributed by atoms with Crippen molar-refractivity contribution < 1.29 is 4.39 Å². The third-order valence-electron chi connectivity index (χ3n) is 3.59. The molecular formula is C16H15BrFN3. The first kappa shape index (κ1) is 14.1. The number of rotatable bonds is 2. The number of hydrogen-bond acceptors (Lipinski definition) is 3. The van der Waals surface area contributed by atoms with Crippen LogP contribution in [0.1, 0.15) is 17.2 Å². The minimum Gasteiger partial charge on any atom is -0.369 e. The molecule has 0 amide bonds. The first-order chi connectivity index (χ1) is 10.1. The smallest absolute Gasteiger partial charge is 0.196 e. The van der Waals surface area contributed by atoms with Gasteiger partial charge in [0.05, 0.1) is 17.1 Å². The second kappa shape index (κ2) is 5.48. The lowest BCUT2D eigenvalue weighted by Gasteiger charge is -2.27. The topological polar surface area (TPSA) is 41.6 Å². The molecular weight excluding hydrogens is 333 g/mol. The van der Waals surface area contributed by atoms with Crippen LogP contribution in [-0.2, 0) is 0 Å². The molecule has 1 unspecified atom stereocenters. The number of benzene rings is 2. The molecule has 3 rings (SSSR count). The van der Waals surface area contributed by atoms with Gasteiger partial charge >= 0.3 is 0 Å². The van der Waals surface area contributed by atoms with Gasteiger partial charge in [0, 0.05) is 5.69 Å². The van der Waals surface area contributed by atoms with Gasteiger partial charge in [-0.15, -0.1) is 0 Å². The van der Waals surface area contributed by atoms with Crippen molar-refractivity contribution in [3.05, 3.63) is 63.9 Å². The maximum absolute atomic E-state index is 13.8. The van der Waals surface area contributed by atoms with Gasteiger partial charge in [0.2, 0.25) is 0 Å². The SMILES string of the molecule is Cc1cccc(N2C(N)=NCC2c2ccc(Br)c(F)c2)c1. The Balaban J connectivity index is 2.00. The van der Waals surface area contributed by atoms with E-state index in [2.05, 4.69) is 27.0 Å². The maximum atomic E-state index is 13.8. The van der Waals surface area contributed by atoms with E-state index in [4.69, 9.17) is 5.73 Å². The monoisotopic (exact) mass is 347 g/mol. The van der Waals surface area contributed by atoms with Crippen molar-refractivity contribution in [1.82, 2.24) is 0 Å². The highest BCUT2D eigenvalue weighted by atomic mass is 79.9. The largest absolute Gasteiger partial charge is 0.369 e. The van der Waals surface area contributed by atoms with E-state index in [1.54, 1.807) is 6.07 Å². The molecule has 0 aliphatic carbocycles. The highest BCUT2D eigenvalue weighted by Gasteiger charge is 2.29. The molecule has 0 saturated heterocycles. The normalized spacial score (nSPS) is 18.0. The van der Waals surface area contributed by atoms with Gasteiger partial charge in [0.1, 0.15) is 5.82 Å². The Bertz CT molecular complexity index is 714. The molecule has 108 valence electrons. The maximum Gasteiger partial charge on any atom is 0.196 e. The molecule has 21 heavy (non-hydrogen) atoms. The van der Waals surface area contributed by atoms with Crippen LogP contribution >= 0.6 is 15.9 Å². The molecule has 3 nitrogen and oxygen atoms in total. The third-order valence-corrected chi connectivity index (χ3v) is 4.24. The minimum absolute atomic E-state index is 0.0746. The summed E-state index contributed by atoms with van der Waals surface area (Å²) in [6.07, 6.45) is 0. The number of hydrogen-bond donors (Lipinski definition) is 1. The molecule has 0 bridgehead atoms. The van der Waals surface area contributed by atoms with Crippen LogP contribution in [0.2, 0.25) is 0 Å². The Kier molecular flexibility index (Phi) is 3.68. The number of nitrogens with zero attached hydrogens (tertiary/aromatic N) is 2. The predicted octanol–water partition coefficient (Wildman–Crippen LogP) is 3.77. The summed E-state index contributed by atoms with van der Waals surface area (Å²) < 4.78 is 14.2. The molecule has 2 aromatic rings. The number of aryl methyl sites for hydroxylation is 1. The molecule has 0 saturated carbocycles. The Labute approximate surface area is 131 Å². The van der Waals surface area contributed by atoms with Gasteiger partial charge in [-0.25, -0.2) is 4.39 Å². The zero-order valence-electron chi connectivity index (χ0n) is 11.6. The highest BCUT2D eigenvalue weighted by Crippen LogP contribution is 2.32. The first-order valence-electron chi connectivity index (χ1n) is 6.67. The summed E-state index contributed by atoms with van der Waals surface area (Å²) in [5, 5.41) is 0. The van der Waals surface area contributed by atoms with Crippen LogP contribution in [0.25, 0.3) is 0 Å². The van der Waals surface area contributed by atoms with Crippen molar-refractivity contribution in [1.29, 1.82) is 0 Å². The minimum atomic E-state index is -0.276. The second-order valence-corrected chi connectivity index (χ2v) is 5.95. The van der Waals surface area contributed by atoms with Crippen molar-refractivity contribution in [2.75, 3.05) is 11.4 Å². The van der Waals surface area contributed by atoms with Gasteiger partial charge in [-0.3, -0.25) is 4.99 Å². The summed E-state index contributed by atoms with van der Waals surface area (Å²) >= 11 is 3.18. The highest BCUT2D eigenvalue weighted by molar-refractivity contribution is 9.10. The van der Waals surface area contributed by atoms with E-state index in [1.807, 2.05) is 36.1 Å². The zero-order chi connectivity index (χ0) is 15.0. The summed E-state index contributed by atoms with van der Waals surface area (Å²) in [6, 6.07) is 13.1. The fourth-order valence-corrected chi connectivity index (χ4v) is 2.81. The summed E-state index contributed by atoms with van der Waals surface area (Å²) in [6.45, 7) is 2.56. The molecule has 0 aromatic heterocycles. The van der Waals surface area contributed by atoms with Crippen LogP contribution in [-0.4, -0.2) is 12.5 Å². The molecule has 0 fully saturated rings. The number of halogens is 2. The average Bonchev–Trinajstić information content (AvgIpc) is 2.84. The zero-order valence-corrected chi connectivity index (χ0v) is 13.1. The van der Waals surface area contributed by atoms with Crippen LogP contribution < -0.4 is 10.6 Å². The van der Waals surface area contributed by atoms with Gasteiger partial charge in [-0.05, 0) is 58.2 Å².